The standard InChI is InChI=1S/C22H34FNO3S/c1-17-14-19(16-20(23)15-17)21(25)7-6-18-8-11-24(12-9-18)10-5-13-28(26,27)22(2,3)4/h14-16,18H,5-13H2,1-4H3. The van der Waals surface area contributed by atoms with Gasteiger partial charge in [0.25, 0.3) is 0 Å². The van der Waals surface area contributed by atoms with E-state index in [2.05, 4.69) is 4.90 Å². The first-order valence-electron chi connectivity index (χ1n) is 10.2. The zero-order chi connectivity index (χ0) is 20.9. The van der Waals surface area contributed by atoms with Crippen LogP contribution in [-0.2, 0) is 9.84 Å². The van der Waals surface area contributed by atoms with Crippen LogP contribution < -0.4 is 0 Å². The highest BCUT2D eigenvalue weighted by atomic mass is 32.2. The average Bonchev–Trinajstić information content (AvgIpc) is 2.59. The molecule has 6 heteroatoms. The molecule has 2 rings (SSSR count). The fraction of sp³-hybridized carbons (Fsp3) is 0.682. The molecule has 0 aromatic heterocycles. The lowest BCUT2D eigenvalue weighted by Gasteiger charge is -2.32. The number of Topliss-reactive ketones (excluding diaryl/α,β-unsaturated/α-hetero) is 1. The van der Waals surface area contributed by atoms with Gasteiger partial charge in [0.15, 0.2) is 15.6 Å². The number of carbonyl (C=O) groups is 1. The number of benzene rings is 1. The number of hydrogen-bond donors (Lipinski definition) is 0. The van der Waals surface area contributed by atoms with E-state index in [-0.39, 0.29) is 17.4 Å². The number of aryl methyl sites for hydroxylation is 1. The number of sulfone groups is 1. The molecule has 28 heavy (non-hydrogen) atoms. The van der Waals surface area contributed by atoms with Crippen molar-refractivity contribution in [2.45, 2.75) is 64.5 Å². The molecule has 0 N–H and O–H groups in total. The van der Waals surface area contributed by atoms with Gasteiger partial charge in [-0.25, -0.2) is 12.8 Å². The van der Waals surface area contributed by atoms with Crippen LogP contribution in [0.4, 0.5) is 4.39 Å². The maximum atomic E-state index is 13.5. The molecule has 1 heterocycles. The summed E-state index contributed by atoms with van der Waals surface area (Å²) < 4.78 is 37.1. The average molecular weight is 412 g/mol. The molecule has 0 radical (unpaired) electrons. The van der Waals surface area contributed by atoms with E-state index in [0.717, 1.165) is 44.5 Å². The summed E-state index contributed by atoms with van der Waals surface area (Å²) in [7, 11) is -3.05. The molecule has 0 aliphatic carbocycles. The molecule has 4 nitrogen and oxygen atoms in total. The molecule has 1 aliphatic heterocycles. The van der Waals surface area contributed by atoms with Crippen molar-refractivity contribution in [3.8, 4) is 0 Å². The Morgan fingerprint density at radius 3 is 2.39 bits per heavy atom. The monoisotopic (exact) mass is 411 g/mol. The molecular weight excluding hydrogens is 377 g/mol. The van der Waals surface area contributed by atoms with Gasteiger partial charge < -0.3 is 4.90 Å². The summed E-state index contributed by atoms with van der Waals surface area (Å²) in [5, 5.41) is 0. The van der Waals surface area contributed by atoms with E-state index < -0.39 is 14.6 Å². The smallest absolute Gasteiger partial charge is 0.162 e. The SMILES string of the molecule is Cc1cc(F)cc(C(=O)CCC2CCN(CCCS(=O)(=O)C(C)(C)C)CC2)c1. The molecule has 1 saturated heterocycles. The van der Waals surface area contributed by atoms with E-state index >= 15 is 0 Å². The van der Waals surface area contributed by atoms with Gasteiger partial charge in [-0.15, -0.1) is 0 Å². The third kappa shape index (κ3) is 6.66. The Kier molecular flexibility index (Phi) is 7.80. The fourth-order valence-electron chi connectivity index (χ4n) is 3.66. The van der Waals surface area contributed by atoms with Gasteiger partial charge in [-0.3, -0.25) is 4.79 Å². The van der Waals surface area contributed by atoms with Gasteiger partial charge in [0, 0.05) is 12.0 Å². The molecule has 1 aliphatic rings. The summed E-state index contributed by atoms with van der Waals surface area (Å²) in [5.41, 5.74) is 1.24. The third-order valence-electron chi connectivity index (χ3n) is 5.67. The fourth-order valence-corrected chi connectivity index (χ4v) is 4.78. The Bertz CT molecular complexity index is 755. The number of halogens is 1. The molecule has 0 bridgehead atoms. The topological polar surface area (TPSA) is 54.5 Å². The van der Waals surface area contributed by atoms with Crippen molar-refractivity contribution >= 4 is 15.6 Å². The molecule has 0 amide bonds. The quantitative estimate of drug-likeness (QED) is 0.595. The lowest BCUT2D eigenvalue weighted by atomic mass is 9.90. The summed E-state index contributed by atoms with van der Waals surface area (Å²) in [6.07, 6.45) is 4.02. The molecule has 0 spiro atoms. The van der Waals surface area contributed by atoms with Crippen molar-refractivity contribution in [2.24, 2.45) is 5.92 Å². The number of carbonyl (C=O) groups excluding carboxylic acids is 1. The van der Waals surface area contributed by atoms with E-state index in [1.807, 2.05) is 0 Å². The predicted octanol–water partition coefficient (Wildman–Crippen LogP) is 4.41. The largest absolute Gasteiger partial charge is 0.303 e. The minimum Gasteiger partial charge on any atom is -0.303 e. The summed E-state index contributed by atoms with van der Waals surface area (Å²) in [4.78, 5) is 14.7. The first kappa shape index (κ1) is 23.0. The van der Waals surface area contributed by atoms with Crippen molar-refractivity contribution in [2.75, 3.05) is 25.4 Å². The second-order valence-electron chi connectivity index (χ2n) is 9.05. The summed E-state index contributed by atoms with van der Waals surface area (Å²) >= 11 is 0. The van der Waals surface area contributed by atoms with Crippen molar-refractivity contribution in [3.05, 3.63) is 35.1 Å². The maximum absolute atomic E-state index is 13.5. The van der Waals surface area contributed by atoms with Crippen molar-refractivity contribution in [1.82, 2.24) is 4.90 Å². The lowest BCUT2D eigenvalue weighted by molar-refractivity contribution is 0.0962. The van der Waals surface area contributed by atoms with E-state index in [1.165, 1.54) is 12.1 Å². The Hall–Kier alpha value is -1.27. The van der Waals surface area contributed by atoms with Crippen LogP contribution in [0.2, 0.25) is 0 Å². The predicted molar refractivity (Wildman–Crippen MR) is 112 cm³/mol. The lowest BCUT2D eigenvalue weighted by Crippen LogP contribution is -2.36. The number of piperidine rings is 1. The van der Waals surface area contributed by atoms with Gasteiger partial charge in [0.2, 0.25) is 0 Å². The normalized spacial score (nSPS) is 17.0. The van der Waals surface area contributed by atoms with E-state index in [0.29, 0.717) is 24.3 Å². The van der Waals surface area contributed by atoms with E-state index in [1.54, 1.807) is 33.8 Å². The van der Waals surface area contributed by atoms with Crippen molar-refractivity contribution in [1.29, 1.82) is 0 Å². The number of rotatable bonds is 8. The second kappa shape index (κ2) is 9.49. The van der Waals surface area contributed by atoms with Gasteiger partial charge in [0.1, 0.15) is 5.82 Å². The molecule has 1 fully saturated rings. The second-order valence-corrected chi connectivity index (χ2v) is 11.9. The van der Waals surface area contributed by atoms with E-state index in [4.69, 9.17) is 0 Å². The van der Waals surface area contributed by atoms with Crippen LogP contribution in [-0.4, -0.2) is 49.2 Å². The Balaban J connectivity index is 1.70. The van der Waals surface area contributed by atoms with Gasteiger partial charge >= 0.3 is 0 Å². The summed E-state index contributed by atoms with van der Waals surface area (Å²) in [6, 6.07) is 4.50. The summed E-state index contributed by atoms with van der Waals surface area (Å²) in [5.74, 6) is 0.397. The van der Waals surface area contributed by atoms with Crippen LogP contribution in [0, 0.1) is 18.7 Å². The van der Waals surface area contributed by atoms with E-state index in [9.17, 15) is 17.6 Å². The molecule has 0 saturated carbocycles. The molecule has 1 aromatic rings. The highest BCUT2D eigenvalue weighted by molar-refractivity contribution is 7.92. The minimum atomic E-state index is -3.05. The van der Waals surface area contributed by atoms with Gasteiger partial charge in [-0.1, -0.05) is 0 Å². The summed E-state index contributed by atoms with van der Waals surface area (Å²) in [6.45, 7) is 9.76. The number of nitrogens with zero attached hydrogens (tertiary/aromatic N) is 1. The Morgan fingerprint density at radius 2 is 1.82 bits per heavy atom. The van der Waals surface area contributed by atoms with Gasteiger partial charge in [-0.2, -0.15) is 0 Å². The van der Waals surface area contributed by atoms with Crippen LogP contribution in [0.25, 0.3) is 0 Å². The number of likely N-dealkylation sites (tertiary alicyclic amines) is 1. The number of ketones is 1. The maximum Gasteiger partial charge on any atom is 0.162 e. The van der Waals surface area contributed by atoms with Crippen LogP contribution in [0.3, 0.4) is 0 Å². The Morgan fingerprint density at radius 1 is 1.18 bits per heavy atom. The zero-order valence-electron chi connectivity index (χ0n) is 17.6. The molecule has 158 valence electrons. The van der Waals surface area contributed by atoms with Crippen LogP contribution in [0.1, 0.15) is 68.8 Å². The highest BCUT2D eigenvalue weighted by Crippen LogP contribution is 2.24. The first-order chi connectivity index (χ1) is 13.0. The third-order valence-corrected chi connectivity index (χ3v) is 8.36. The van der Waals surface area contributed by atoms with Crippen LogP contribution >= 0.6 is 0 Å². The van der Waals surface area contributed by atoms with Gasteiger partial charge in [-0.05, 0) is 103 Å². The Labute approximate surface area is 169 Å². The van der Waals surface area contributed by atoms with Crippen molar-refractivity contribution in [3.63, 3.8) is 0 Å². The van der Waals surface area contributed by atoms with Crippen LogP contribution in [0.15, 0.2) is 18.2 Å². The first-order valence-corrected chi connectivity index (χ1v) is 11.9. The van der Waals surface area contributed by atoms with Gasteiger partial charge in [0.05, 0.1) is 10.5 Å². The minimum absolute atomic E-state index is 0.0115. The molecule has 0 atom stereocenters. The molecular formula is C22H34FNO3S. The highest BCUT2D eigenvalue weighted by Gasteiger charge is 2.28. The van der Waals surface area contributed by atoms with Crippen molar-refractivity contribution < 1.29 is 17.6 Å². The zero-order valence-corrected chi connectivity index (χ0v) is 18.4. The van der Waals surface area contributed by atoms with Crippen LogP contribution in [0.5, 0.6) is 0 Å². The molecule has 0 unspecified atom stereocenters. The number of hydrogen-bond acceptors (Lipinski definition) is 4. The molecule has 1 aromatic carbocycles.